The van der Waals surface area contributed by atoms with Gasteiger partial charge in [-0.1, -0.05) is 11.6 Å². The fraction of sp³-hybridized carbons (Fsp3) is 0.167. The number of carboxylic acids is 1. The second kappa shape index (κ2) is 5.98. The Morgan fingerprint density at radius 2 is 2.20 bits per heavy atom. The Kier molecular flexibility index (Phi) is 4.31. The number of thiazole rings is 1. The predicted octanol–water partition coefficient (Wildman–Crippen LogP) is 2.38. The lowest BCUT2D eigenvalue weighted by atomic mass is 10.3. The van der Waals surface area contributed by atoms with Gasteiger partial charge in [0.05, 0.1) is 6.04 Å². The molecule has 2 aromatic rings. The summed E-state index contributed by atoms with van der Waals surface area (Å²) in [5.74, 6) is -1.49. The molecule has 0 aliphatic heterocycles. The van der Waals surface area contributed by atoms with Crippen LogP contribution in [-0.2, 0) is 0 Å². The van der Waals surface area contributed by atoms with Crippen LogP contribution in [0.3, 0.4) is 0 Å². The smallest absolute Gasteiger partial charge is 0.355 e. The molecule has 0 bridgehead atoms. The normalized spacial score (nSPS) is 11.9. The molecule has 104 valence electrons. The lowest BCUT2D eigenvalue weighted by molar-refractivity contribution is 0.0691. The molecule has 1 unspecified atom stereocenters. The molecule has 0 aliphatic rings. The summed E-state index contributed by atoms with van der Waals surface area (Å²) in [5.41, 5.74) is 0.159. The van der Waals surface area contributed by atoms with Gasteiger partial charge in [0.25, 0.3) is 5.91 Å². The number of hydrogen-bond acceptors (Lipinski definition) is 5. The Hall–Kier alpha value is -1.99. The number of hydrogen-bond donors (Lipinski definition) is 2. The zero-order valence-corrected chi connectivity index (χ0v) is 11.9. The first-order valence-corrected chi connectivity index (χ1v) is 6.84. The van der Waals surface area contributed by atoms with Crippen LogP contribution in [0.2, 0.25) is 5.02 Å². The summed E-state index contributed by atoms with van der Waals surface area (Å²) in [6.07, 6.45) is 1.44. The molecule has 0 aliphatic carbocycles. The molecule has 1 atom stereocenters. The lowest BCUT2D eigenvalue weighted by Gasteiger charge is -2.10. The Bertz CT molecular complexity index is 659. The molecule has 0 radical (unpaired) electrons. The van der Waals surface area contributed by atoms with Gasteiger partial charge >= 0.3 is 5.97 Å². The average molecular weight is 312 g/mol. The molecule has 8 heteroatoms. The van der Waals surface area contributed by atoms with Gasteiger partial charge in [-0.05, 0) is 19.1 Å². The van der Waals surface area contributed by atoms with E-state index in [9.17, 15) is 9.59 Å². The first-order valence-electron chi connectivity index (χ1n) is 5.58. The number of nitrogens with zero attached hydrogens (tertiary/aromatic N) is 2. The topological polar surface area (TPSA) is 92.2 Å². The second-order valence-electron chi connectivity index (χ2n) is 3.93. The molecule has 0 saturated carbocycles. The average Bonchev–Trinajstić information content (AvgIpc) is 2.88. The number of aromatic carboxylic acids is 1. The summed E-state index contributed by atoms with van der Waals surface area (Å²) in [5, 5.41) is 13.8. The number of carbonyl (C=O) groups excluding carboxylic acids is 1. The lowest BCUT2D eigenvalue weighted by Crippen LogP contribution is -2.27. The molecular weight excluding hydrogens is 302 g/mol. The van der Waals surface area contributed by atoms with Gasteiger partial charge in [-0.15, -0.1) is 11.3 Å². The van der Waals surface area contributed by atoms with Crippen LogP contribution in [0.4, 0.5) is 0 Å². The third kappa shape index (κ3) is 3.31. The van der Waals surface area contributed by atoms with Crippen LogP contribution in [0.15, 0.2) is 23.7 Å². The van der Waals surface area contributed by atoms with E-state index in [1.165, 1.54) is 29.0 Å². The first-order chi connectivity index (χ1) is 9.47. The van der Waals surface area contributed by atoms with Gasteiger partial charge in [0, 0.05) is 16.6 Å². The van der Waals surface area contributed by atoms with Crippen molar-refractivity contribution < 1.29 is 14.7 Å². The van der Waals surface area contributed by atoms with Crippen molar-refractivity contribution in [1.29, 1.82) is 0 Å². The predicted molar refractivity (Wildman–Crippen MR) is 74.2 cm³/mol. The fourth-order valence-corrected chi connectivity index (χ4v) is 2.41. The van der Waals surface area contributed by atoms with Gasteiger partial charge in [-0.25, -0.2) is 9.78 Å². The molecule has 2 heterocycles. The fourth-order valence-electron chi connectivity index (χ4n) is 1.45. The molecule has 2 aromatic heterocycles. The minimum atomic E-state index is -1.09. The van der Waals surface area contributed by atoms with Gasteiger partial charge in [0.15, 0.2) is 5.69 Å². The minimum Gasteiger partial charge on any atom is -0.476 e. The minimum absolute atomic E-state index is 0.0352. The maximum atomic E-state index is 11.9. The summed E-state index contributed by atoms with van der Waals surface area (Å²) in [6, 6.07) is 2.61. The van der Waals surface area contributed by atoms with Crippen LogP contribution in [0.1, 0.15) is 39.0 Å². The van der Waals surface area contributed by atoms with Crippen molar-refractivity contribution in [3.63, 3.8) is 0 Å². The van der Waals surface area contributed by atoms with E-state index < -0.39 is 17.9 Å². The van der Waals surface area contributed by atoms with Crippen molar-refractivity contribution in [2.45, 2.75) is 13.0 Å². The van der Waals surface area contributed by atoms with Crippen LogP contribution in [0.25, 0.3) is 0 Å². The molecule has 2 rings (SSSR count). The number of rotatable bonds is 4. The van der Waals surface area contributed by atoms with Crippen LogP contribution in [0.5, 0.6) is 0 Å². The summed E-state index contributed by atoms with van der Waals surface area (Å²) in [6.45, 7) is 1.72. The highest BCUT2D eigenvalue weighted by Gasteiger charge is 2.17. The Balaban J connectivity index is 2.08. The van der Waals surface area contributed by atoms with Crippen LogP contribution >= 0.6 is 22.9 Å². The van der Waals surface area contributed by atoms with Gasteiger partial charge in [0.1, 0.15) is 10.7 Å². The van der Waals surface area contributed by atoms with Crippen molar-refractivity contribution in [3.8, 4) is 0 Å². The van der Waals surface area contributed by atoms with Gasteiger partial charge in [-0.3, -0.25) is 9.78 Å². The molecular formula is C12H10ClN3O3S. The molecule has 1 amide bonds. The van der Waals surface area contributed by atoms with E-state index >= 15 is 0 Å². The summed E-state index contributed by atoms with van der Waals surface area (Å²) in [7, 11) is 0. The third-order valence-electron chi connectivity index (χ3n) is 2.41. The molecule has 0 spiro atoms. The van der Waals surface area contributed by atoms with Crippen molar-refractivity contribution in [2.24, 2.45) is 0 Å². The Morgan fingerprint density at radius 3 is 2.80 bits per heavy atom. The SMILES string of the molecule is CC(NC(=O)c1cc(Cl)ccn1)c1nc(C(=O)O)cs1. The van der Waals surface area contributed by atoms with E-state index in [0.717, 1.165) is 0 Å². The number of carboxylic acid groups (broad SMARTS) is 1. The molecule has 0 saturated heterocycles. The number of halogens is 1. The summed E-state index contributed by atoms with van der Waals surface area (Å²) >= 11 is 6.96. The molecule has 20 heavy (non-hydrogen) atoms. The summed E-state index contributed by atoms with van der Waals surface area (Å²) in [4.78, 5) is 30.5. The van der Waals surface area contributed by atoms with Gasteiger partial charge in [-0.2, -0.15) is 0 Å². The standard InChI is InChI=1S/C12H10ClN3O3S/c1-6(11-16-9(5-20-11)12(18)19)15-10(17)8-4-7(13)2-3-14-8/h2-6H,1H3,(H,15,17)(H,18,19). The van der Waals surface area contributed by atoms with Crippen molar-refractivity contribution in [2.75, 3.05) is 0 Å². The number of nitrogens with one attached hydrogen (secondary N) is 1. The summed E-state index contributed by atoms with van der Waals surface area (Å²) < 4.78 is 0. The number of pyridine rings is 1. The van der Waals surface area contributed by atoms with E-state index in [1.807, 2.05) is 0 Å². The molecule has 0 fully saturated rings. The quantitative estimate of drug-likeness (QED) is 0.904. The third-order valence-corrected chi connectivity index (χ3v) is 3.68. The molecule has 6 nitrogen and oxygen atoms in total. The zero-order valence-electron chi connectivity index (χ0n) is 10.3. The highest BCUT2D eigenvalue weighted by Crippen LogP contribution is 2.18. The highest BCUT2D eigenvalue weighted by molar-refractivity contribution is 7.09. The van der Waals surface area contributed by atoms with Crippen molar-refractivity contribution >= 4 is 34.8 Å². The maximum absolute atomic E-state index is 11.9. The monoisotopic (exact) mass is 311 g/mol. The van der Waals surface area contributed by atoms with Crippen LogP contribution in [0, 0.1) is 0 Å². The molecule has 2 N–H and O–H groups in total. The van der Waals surface area contributed by atoms with E-state index in [0.29, 0.717) is 10.0 Å². The number of amides is 1. The van der Waals surface area contributed by atoms with Crippen LogP contribution in [-0.4, -0.2) is 27.0 Å². The Morgan fingerprint density at radius 1 is 1.45 bits per heavy atom. The van der Waals surface area contributed by atoms with E-state index in [-0.39, 0.29) is 11.4 Å². The Labute approximate surface area is 123 Å². The largest absolute Gasteiger partial charge is 0.476 e. The van der Waals surface area contributed by atoms with E-state index in [4.69, 9.17) is 16.7 Å². The second-order valence-corrected chi connectivity index (χ2v) is 5.26. The van der Waals surface area contributed by atoms with Crippen molar-refractivity contribution in [3.05, 3.63) is 45.1 Å². The van der Waals surface area contributed by atoms with E-state index in [2.05, 4.69) is 15.3 Å². The van der Waals surface area contributed by atoms with Gasteiger partial charge < -0.3 is 10.4 Å². The highest BCUT2D eigenvalue weighted by atomic mass is 35.5. The number of aromatic nitrogens is 2. The van der Waals surface area contributed by atoms with E-state index in [1.54, 1.807) is 13.0 Å². The number of carbonyl (C=O) groups is 2. The van der Waals surface area contributed by atoms with Crippen LogP contribution < -0.4 is 5.32 Å². The first kappa shape index (κ1) is 14.4. The van der Waals surface area contributed by atoms with Gasteiger partial charge in [0.2, 0.25) is 0 Å². The zero-order chi connectivity index (χ0) is 14.7. The van der Waals surface area contributed by atoms with Crippen molar-refractivity contribution in [1.82, 2.24) is 15.3 Å². The maximum Gasteiger partial charge on any atom is 0.355 e. The molecule has 0 aromatic carbocycles.